The molecule has 0 bridgehead atoms. The summed E-state index contributed by atoms with van der Waals surface area (Å²) in [4.78, 5) is 10.7. The molecular formula is C20H17ClN2O5. The molecule has 1 heterocycles. The van der Waals surface area contributed by atoms with Gasteiger partial charge in [-0.2, -0.15) is 0 Å². The number of aryl methyl sites for hydroxylation is 1. The van der Waals surface area contributed by atoms with E-state index in [0.717, 1.165) is 5.56 Å². The SMILES string of the molecule is COc1cccc(/C=C\c2onc(C)c2[N+](=O)[O-])c1OCc1ccc(Cl)cc1. The Hall–Kier alpha value is -3.32. The summed E-state index contributed by atoms with van der Waals surface area (Å²) in [7, 11) is 1.54. The predicted molar refractivity (Wildman–Crippen MR) is 106 cm³/mol. The highest BCUT2D eigenvalue weighted by Gasteiger charge is 2.22. The normalized spacial score (nSPS) is 11.0. The number of halogens is 1. The molecule has 3 aromatic rings. The Morgan fingerprint density at radius 1 is 1.21 bits per heavy atom. The van der Waals surface area contributed by atoms with Crippen LogP contribution >= 0.6 is 11.6 Å². The molecule has 0 unspecified atom stereocenters. The third-order valence-corrected chi connectivity index (χ3v) is 4.23. The van der Waals surface area contributed by atoms with Gasteiger partial charge in [0.05, 0.1) is 12.0 Å². The number of aromatic nitrogens is 1. The first-order valence-electron chi connectivity index (χ1n) is 8.32. The van der Waals surface area contributed by atoms with Crippen LogP contribution in [-0.2, 0) is 6.61 Å². The summed E-state index contributed by atoms with van der Waals surface area (Å²) in [5, 5.41) is 15.5. The monoisotopic (exact) mass is 400 g/mol. The Kier molecular flexibility index (Phi) is 5.96. The molecule has 0 aliphatic heterocycles. The van der Waals surface area contributed by atoms with Gasteiger partial charge >= 0.3 is 5.69 Å². The van der Waals surface area contributed by atoms with Gasteiger partial charge in [-0.25, -0.2) is 0 Å². The first-order valence-corrected chi connectivity index (χ1v) is 8.70. The maximum Gasteiger partial charge on any atom is 0.338 e. The molecule has 28 heavy (non-hydrogen) atoms. The lowest BCUT2D eigenvalue weighted by atomic mass is 10.1. The largest absolute Gasteiger partial charge is 0.493 e. The molecule has 0 fully saturated rings. The van der Waals surface area contributed by atoms with Crippen LogP contribution in [-0.4, -0.2) is 17.2 Å². The number of para-hydroxylation sites is 1. The summed E-state index contributed by atoms with van der Waals surface area (Å²) >= 11 is 5.91. The van der Waals surface area contributed by atoms with E-state index in [-0.39, 0.29) is 17.1 Å². The average molecular weight is 401 g/mol. The molecule has 7 nitrogen and oxygen atoms in total. The summed E-state index contributed by atoms with van der Waals surface area (Å²) in [6.07, 6.45) is 3.15. The van der Waals surface area contributed by atoms with Gasteiger partial charge in [0.25, 0.3) is 0 Å². The number of benzene rings is 2. The predicted octanol–water partition coefficient (Wildman–Crippen LogP) is 5.30. The van der Waals surface area contributed by atoms with E-state index in [2.05, 4.69) is 5.16 Å². The lowest BCUT2D eigenvalue weighted by Crippen LogP contribution is -1.99. The van der Waals surface area contributed by atoms with Crippen LogP contribution in [0, 0.1) is 17.0 Å². The van der Waals surface area contributed by atoms with Crippen molar-refractivity contribution in [1.29, 1.82) is 0 Å². The Labute approximate surface area is 166 Å². The molecule has 0 N–H and O–H groups in total. The highest BCUT2D eigenvalue weighted by Crippen LogP contribution is 2.34. The minimum Gasteiger partial charge on any atom is -0.493 e. The zero-order valence-electron chi connectivity index (χ0n) is 15.2. The number of nitro groups is 1. The van der Waals surface area contributed by atoms with Gasteiger partial charge in [0.15, 0.2) is 17.2 Å². The van der Waals surface area contributed by atoms with Crippen molar-refractivity contribution in [2.75, 3.05) is 7.11 Å². The lowest BCUT2D eigenvalue weighted by Gasteiger charge is -2.13. The molecule has 3 rings (SSSR count). The van der Waals surface area contributed by atoms with Gasteiger partial charge in [-0.3, -0.25) is 10.1 Å². The molecule has 0 aliphatic rings. The first kappa shape index (κ1) is 19.4. The fourth-order valence-electron chi connectivity index (χ4n) is 2.59. The van der Waals surface area contributed by atoms with Gasteiger partial charge in [-0.15, -0.1) is 0 Å². The first-order chi connectivity index (χ1) is 13.5. The number of hydrogen-bond donors (Lipinski definition) is 0. The molecule has 8 heteroatoms. The van der Waals surface area contributed by atoms with Crippen molar-refractivity contribution in [3.05, 3.63) is 80.2 Å². The lowest BCUT2D eigenvalue weighted by molar-refractivity contribution is -0.386. The minimum absolute atomic E-state index is 0.0639. The second-order valence-electron chi connectivity index (χ2n) is 5.87. The fraction of sp³-hybridized carbons (Fsp3) is 0.150. The molecule has 0 spiro atoms. The summed E-state index contributed by atoms with van der Waals surface area (Å²) in [6.45, 7) is 1.82. The number of ether oxygens (including phenoxy) is 2. The van der Waals surface area contributed by atoms with E-state index in [0.29, 0.717) is 28.7 Å². The maximum absolute atomic E-state index is 11.2. The van der Waals surface area contributed by atoms with Gasteiger partial charge in [-0.1, -0.05) is 41.0 Å². The van der Waals surface area contributed by atoms with Crippen LogP contribution in [0.3, 0.4) is 0 Å². The summed E-state index contributed by atoms with van der Waals surface area (Å²) in [5.41, 5.74) is 1.67. The molecule has 2 aromatic carbocycles. The van der Waals surface area contributed by atoms with Crippen LogP contribution in [0.25, 0.3) is 12.2 Å². The van der Waals surface area contributed by atoms with Crippen molar-refractivity contribution in [3.63, 3.8) is 0 Å². The number of methoxy groups -OCH3 is 1. The van der Waals surface area contributed by atoms with E-state index in [1.54, 1.807) is 37.5 Å². The topological polar surface area (TPSA) is 87.6 Å². The van der Waals surface area contributed by atoms with Crippen LogP contribution in [0.1, 0.15) is 22.6 Å². The summed E-state index contributed by atoms with van der Waals surface area (Å²) in [5.74, 6) is 1.11. The highest BCUT2D eigenvalue weighted by atomic mass is 35.5. The number of nitrogens with zero attached hydrogens (tertiary/aromatic N) is 2. The zero-order valence-corrected chi connectivity index (χ0v) is 16.0. The molecule has 1 aromatic heterocycles. The molecule has 0 saturated carbocycles. The summed E-state index contributed by atoms with van der Waals surface area (Å²) < 4.78 is 16.4. The molecule has 0 atom stereocenters. The third-order valence-electron chi connectivity index (χ3n) is 3.98. The van der Waals surface area contributed by atoms with E-state index in [4.69, 9.17) is 25.6 Å². The number of rotatable bonds is 7. The standard InChI is InChI=1S/C20H17ClN2O5/c1-13-19(23(24)25)17(28-22-13)11-8-15-4-3-5-18(26-2)20(15)27-12-14-6-9-16(21)10-7-14/h3-11H,12H2,1-2H3/b11-8-. The van der Waals surface area contributed by atoms with E-state index >= 15 is 0 Å². The van der Waals surface area contributed by atoms with E-state index in [9.17, 15) is 10.1 Å². The van der Waals surface area contributed by atoms with Crippen LogP contribution in [0.4, 0.5) is 5.69 Å². The molecule has 144 valence electrons. The Morgan fingerprint density at radius 3 is 2.64 bits per heavy atom. The van der Waals surface area contributed by atoms with Crippen LogP contribution in [0.2, 0.25) is 5.02 Å². The van der Waals surface area contributed by atoms with Gasteiger partial charge in [-0.05, 0) is 42.8 Å². The molecule has 0 radical (unpaired) electrons. The molecular weight excluding hydrogens is 384 g/mol. The van der Waals surface area contributed by atoms with Gasteiger partial charge in [0, 0.05) is 10.6 Å². The summed E-state index contributed by atoms with van der Waals surface area (Å²) in [6, 6.07) is 12.7. The van der Waals surface area contributed by atoms with Gasteiger partial charge in [0.1, 0.15) is 6.61 Å². The molecule has 0 aliphatic carbocycles. The second-order valence-corrected chi connectivity index (χ2v) is 6.30. The third kappa shape index (κ3) is 4.32. The smallest absolute Gasteiger partial charge is 0.338 e. The quantitative estimate of drug-likeness (QED) is 0.395. The Balaban J connectivity index is 1.89. The fourth-order valence-corrected chi connectivity index (χ4v) is 2.72. The highest BCUT2D eigenvalue weighted by molar-refractivity contribution is 6.30. The average Bonchev–Trinajstić information content (AvgIpc) is 3.06. The number of hydrogen-bond acceptors (Lipinski definition) is 6. The maximum atomic E-state index is 11.2. The Bertz CT molecular complexity index is 1010. The molecule has 0 saturated heterocycles. The van der Waals surface area contributed by atoms with Crippen molar-refractivity contribution in [2.45, 2.75) is 13.5 Å². The van der Waals surface area contributed by atoms with Gasteiger partial charge in [0.2, 0.25) is 5.76 Å². The minimum atomic E-state index is -0.519. The van der Waals surface area contributed by atoms with Crippen LogP contribution in [0.5, 0.6) is 11.5 Å². The van der Waals surface area contributed by atoms with Gasteiger partial charge < -0.3 is 14.0 Å². The van der Waals surface area contributed by atoms with Crippen molar-refractivity contribution >= 4 is 29.4 Å². The zero-order chi connectivity index (χ0) is 20.1. The second kappa shape index (κ2) is 8.58. The van der Waals surface area contributed by atoms with Crippen molar-refractivity contribution in [2.24, 2.45) is 0 Å². The van der Waals surface area contributed by atoms with E-state index in [1.807, 2.05) is 18.2 Å². The van der Waals surface area contributed by atoms with Crippen LogP contribution in [0.15, 0.2) is 47.0 Å². The van der Waals surface area contributed by atoms with E-state index in [1.165, 1.54) is 13.0 Å². The van der Waals surface area contributed by atoms with Crippen LogP contribution < -0.4 is 9.47 Å². The Morgan fingerprint density at radius 2 is 1.96 bits per heavy atom. The van der Waals surface area contributed by atoms with Crippen molar-refractivity contribution in [1.82, 2.24) is 5.16 Å². The van der Waals surface area contributed by atoms with E-state index < -0.39 is 4.92 Å². The molecule has 0 amide bonds. The van der Waals surface area contributed by atoms with Crippen molar-refractivity contribution in [3.8, 4) is 11.5 Å². The van der Waals surface area contributed by atoms with Crippen molar-refractivity contribution < 1.29 is 18.9 Å².